The third kappa shape index (κ3) is 3.78. The quantitative estimate of drug-likeness (QED) is 0.365. The molecule has 0 bridgehead atoms. The smallest absolute Gasteiger partial charge is 0.356 e. The van der Waals surface area contributed by atoms with Crippen LogP contribution in [0.1, 0.15) is 27.2 Å². The van der Waals surface area contributed by atoms with Crippen molar-refractivity contribution in [2.75, 3.05) is 14.2 Å². The van der Waals surface area contributed by atoms with Crippen LogP contribution in [0.15, 0.2) is 78.9 Å². The van der Waals surface area contributed by atoms with Crippen LogP contribution in [0.4, 0.5) is 0 Å². The van der Waals surface area contributed by atoms with Gasteiger partial charge in [-0.15, -0.1) is 0 Å². The molecule has 0 unspecified atom stereocenters. The maximum atomic E-state index is 12.8. The fourth-order valence-electron chi connectivity index (χ4n) is 3.48. The number of aromatic nitrogens is 1. The summed E-state index contributed by atoms with van der Waals surface area (Å²) in [5, 5.41) is 0.856. The van der Waals surface area contributed by atoms with Crippen LogP contribution in [-0.4, -0.2) is 24.8 Å². The number of hydrogen-bond acceptors (Lipinski definition) is 3. The van der Waals surface area contributed by atoms with Crippen molar-refractivity contribution in [3.05, 3.63) is 101 Å². The third-order valence-electron chi connectivity index (χ3n) is 4.94. The van der Waals surface area contributed by atoms with Gasteiger partial charge in [-0.2, -0.15) is 0 Å². The molecule has 0 amide bonds. The minimum absolute atomic E-state index is 0.418. The Morgan fingerprint density at radius 1 is 0.900 bits per heavy atom. The van der Waals surface area contributed by atoms with Crippen molar-refractivity contribution in [2.24, 2.45) is 0 Å². The Labute approximate surface area is 175 Å². The van der Waals surface area contributed by atoms with Crippen LogP contribution < -0.4 is 4.74 Å². The topological polar surface area (TPSA) is 40.5 Å². The van der Waals surface area contributed by atoms with Gasteiger partial charge in [0.15, 0.2) is 0 Å². The number of carbonyl (C=O) groups is 1. The number of benzene rings is 3. The zero-order chi connectivity index (χ0) is 20.9. The standard InChI is InChI=1S/C26H21NO3/c1-29-21-14-16-24-23(17-21)22(15-13-19-9-5-3-6-10-19)25(26(28)30-2)27(24)18-20-11-7-4-8-12-20/h3-12,14,16-17H,18H2,1-2H3. The lowest BCUT2D eigenvalue weighted by molar-refractivity contribution is 0.0589. The summed E-state index contributed by atoms with van der Waals surface area (Å²) >= 11 is 0. The number of fused-ring (bicyclic) bond motifs is 1. The first-order valence-corrected chi connectivity index (χ1v) is 9.61. The van der Waals surface area contributed by atoms with E-state index in [9.17, 15) is 4.79 Å². The summed E-state index contributed by atoms with van der Waals surface area (Å²) in [4.78, 5) is 12.8. The van der Waals surface area contributed by atoms with E-state index in [1.807, 2.05) is 83.4 Å². The minimum Gasteiger partial charge on any atom is -0.497 e. The predicted octanol–water partition coefficient (Wildman–Crippen LogP) is 4.88. The van der Waals surface area contributed by atoms with Gasteiger partial charge in [0.2, 0.25) is 0 Å². The molecule has 4 rings (SSSR count). The highest BCUT2D eigenvalue weighted by Gasteiger charge is 2.23. The van der Waals surface area contributed by atoms with Crippen molar-refractivity contribution in [1.29, 1.82) is 0 Å². The van der Waals surface area contributed by atoms with Crippen LogP contribution in [-0.2, 0) is 11.3 Å². The molecule has 148 valence electrons. The molecule has 0 saturated heterocycles. The summed E-state index contributed by atoms with van der Waals surface area (Å²) in [6, 6.07) is 25.5. The van der Waals surface area contributed by atoms with Crippen molar-refractivity contribution < 1.29 is 14.3 Å². The molecule has 1 aromatic heterocycles. The fourth-order valence-corrected chi connectivity index (χ4v) is 3.48. The molecule has 4 aromatic rings. The van der Waals surface area contributed by atoms with Crippen molar-refractivity contribution in [2.45, 2.75) is 6.54 Å². The maximum Gasteiger partial charge on any atom is 0.356 e. The second kappa shape index (κ2) is 8.59. The van der Waals surface area contributed by atoms with E-state index >= 15 is 0 Å². The van der Waals surface area contributed by atoms with Gasteiger partial charge < -0.3 is 14.0 Å². The van der Waals surface area contributed by atoms with Gasteiger partial charge in [-0.1, -0.05) is 60.4 Å². The monoisotopic (exact) mass is 395 g/mol. The fraction of sp³-hybridized carbons (Fsp3) is 0.115. The molecular formula is C26H21NO3. The zero-order valence-corrected chi connectivity index (χ0v) is 16.9. The molecular weight excluding hydrogens is 374 g/mol. The van der Waals surface area contributed by atoms with E-state index < -0.39 is 5.97 Å². The minimum atomic E-state index is -0.418. The number of carbonyl (C=O) groups excluding carboxylic acids is 1. The van der Waals surface area contributed by atoms with Gasteiger partial charge in [0.1, 0.15) is 11.4 Å². The van der Waals surface area contributed by atoms with E-state index in [4.69, 9.17) is 9.47 Å². The lowest BCUT2D eigenvalue weighted by Gasteiger charge is -2.10. The highest BCUT2D eigenvalue weighted by atomic mass is 16.5. The highest BCUT2D eigenvalue weighted by molar-refractivity contribution is 6.01. The molecule has 0 fully saturated rings. The van der Waals surface area contributed by atoms with E-state index in [1.54, 1.807) is 7.11 Å². The molecule has 4 nitrogen and oxygen atoms in total. The Hall–Kier alpha value is -3.97. The summed E-state index contributed by atoms with van der Waals surface area (Å²) in [7, 11) is 3.01. The van der Waals surface area contributed by atoms with Gasteiger partial charge in [-0.3, -0.25) is 0 Å². The van der Waals surface area contributed by atoms with Gasteiger partial charge in [0.25, 0.3) is 0 Å². The van der Waals surface area contributed by atoms with E-state index in [0.717, 1.165) is 22.0 Å². The molecule has 3 aromatic carbocycles. The van der Waals surface area contributed by atoms with E-state index in [-0.39, 0.29) is 0 Å². The highest BCUT2D eigenvalue weighted by Crippen LogP contribution is 2.30. The van der Waals surface area contributed by atoms with Crippen LogP contribution in [0.3, 0.4) is 0 Å². The van der Waals surface area contributed by atoms with Gasteiger partial charge >= 0.3 is 5.97 Å². The van der Waals surface area contributed by atoms with Crippen molar-refractivity contribution in [3.63, 3.8) is 0 Å². The van der Waals surface area contributed by atoms with Gasteiger partial charge in [-0.25, -0.2) is 4.79 Å². The van der Waals surface area contributed by atoms with Crippen molar-refractivity contribution in [1.82, 2.24) is 4.57 Å². The van der Waals surface area contributed by atoms with Crippen LogP contribution in [0.5, 0.6) is 5.75 Å². The average Bonchev–Trinajstić information content (AvgIpc) is 3.10. The second-order valence-corrected chi connectivity index (χ2v) is 6.79. The summed E-state index contributed by atoms with van der Waals surface area (Å²) in [6.07, 6.45) is 0. The molecule has 0 aliphatic rings. The first-order valence-electron chi connectivity index (χ1n) is 9.61. The molecule has 0 radical (unpaired) electrons. The van der Waals surface area contributed by atoms with Crippen LogP contribution in [0, 0.1) is 11.8 Å². The van der Waals surface area contributed by atoms with Gasteiger partial charge in [0.05, 0.1) is 25.3 Å². The molecule has 4 heteroatoms. The van der Waals surface area contributed by atoms with Gasteiger partial charge in [0, 0.05) is 17.5 Å². The summed E-state index contributed by atoms with van der Waals surface area (Å²) in [5.74, 6) is 6.68. The van der Waals surface area contributed by atoms with E-state index in [2.05, 4.69) is 11.8 Å². The zero-order valence-electron chi connectivity index (χ0n) is 16.9. The largest absolute Gasteiger partial charge is 0.497 e. The number of hydrogen-bond donors (Lipinski definition) is 0. The molecule has 0 aliphatic heterocycles. The summed E-state index contributed by atoms with van der Waals surface area (Å²) < 4.78 is 12.5. The number of rotatable bonds is 4. The molecule has 0 aliphatic carbocycles. The van der Waals surface area contributed by atoms with E-state index in [1.165, 1.54) is 7.11 Å². The van der Waals surface area contributed by atoms with Crippen molar-refractivity contribution >= 4 is 16.9 Å². The van der Waals surface area contributed by atoms with Crippen molar-refractivity contribution in [3.8, 4) is 17.6 Å². The number of esters is 1. The lowest BCUT2D eigenvalue weighted by Crippen LogP contribution is -2.13. The lowest BCUT2D eigenvalue weighted by atomic mass is 10.1. The maximum absolute atomic E-state index is 12.8. The summed E-state index contributed by atoms with van der Waals surface area (Å²) in [5.41, 5.74) is 3.93. The predicted molar refractivity (Wildman–Crippen MR) is 118 cm³/mol. The number of ether oxygens (including phenoxy) is 2. The molecule has 30 heavy (non-hydrogen) atoms. The summed E-state index contributed by atoms with van der Waals surface area (Å²) in [6.45, 7) is 0.529. The number of methoxy groups -OCH3 is 2. The molecule has 0 spiro atoms. The van der Waals surface area contributed by atoms with E-state index in [0.29, 0.717) is 23.6 Å². The SMILES string of the molecule is COC(=O)c1c(C#Cc2ccccc2)c2cc(OC)ccc2n1Cc1ccccc1. The second-order valence-electron chi connectivity index (χ2n) is 6.79. The Morgan fingerprint density at radius 2 is 1.60 bits per heavy atom. The Balaban J connectivity index is 1.97. The Kier molecular flexibility index (Phi) is 5.54. The van der Waals surface area contributed by atoms with Crippen LogP contribution >= 0.6 is 0 Å². The average molecular weight is 395 g/mol. The molecule has 1 heterocycles. The van der Waals surface area contributed by atoms with Crippen LogP contribution in [0.2, 0.25) is 0 Å². The molecule has 0 N–H and O–H groups in total. The Bertz CT molecular complexity index is 1250. The number of nitrogens with zero attached hydrogens (tertiary/aromatic N) is 1. The Morgan fingerprint density at radius 3 is 2.27 bits per heavy atom. The van der Waals surface area contributed by atoms with Gasteiger partial charge in [-0.05, 0) is 35.9 Å². The molecule has 0 saturated carbocycles. The first kappa shape index (κ1) is 19.4. The third-order valence-corrected chi connectivity index (χ3v) is 4.94. The molecule has 0 atom stereocenters. The van der Waals surface area contributed by atoms with Crippen LogP contribution in [0.25, 0.3) is 10.9 Å². The normalized spacial score (nSPS) is 10.3. The first-order chi connectivity index (χ1) is 14.7.